The van der Waals surface area contributed by atoms with Crippen LogP contribution in [-0.4, -0.2) is 11.9 Å². The van der Waals surface area contributed by atoms with Gasteiger partial charge >= 0.3 is 0 Å². The van der Waals surface area contributed by atoms with Gasteiger partial charge in [0.2, 0.25) is 0 Å². The first-order valence-corrected chi connectivity index (χ1v) is 6.45. The van der Waals surface area contributed by atoms with Crippen molar-refractivity contribution in [2.45, 2.75) is 45.6 Å². The molecule has 2 heteroatoms. The predicted molar refractivity (Wildman–Crippen MR) is 68.3 cm³/mol. The number of para-hydroxylation sites is 1. The van der Waals surface area contributed by atoms with Gasteiger partial charge in [0.25, 0.3) is 0 Å². The van der Waals surface area contributed by atoms with Crippen LogP contribution >= 0.6 is 0 Å². The van der Waals surface area contributed by atoms with Crippen LogP contribution in [0.5, 0.6) is 5.75 Å². The summed E-state index contributed by atoms with van der Waals surface area (Å²) in [6, 6.07) is 8.20. The molecule has 2 nitrogen and oxygen atoms in total. The molecule has 0 saturated carbocycles. The largest absolute Gasteiger partial charge is 0.490 e. The number of hydrogen-bond donors (Lipinski definition) is 0. The number of ether oxygens (including phenoxy) is 1. The van der Waals surface area contributed by atoms with Gasteiger partial charge in [0.05, 0.1) is 0 Å². The molecule has 92 valence electrons. The lowest BCUT2D eigenvalue weighted by Gasteiger charge is -2.14. The molecule has 17 heavy (non-hydrogen) atoms. The van der Waals surface area contributed by atoms with Gasteiger partial charge in [0.15, 0.2) is 0 Å². The first-order valence-electron chi connectivity index (χ1n) is 6.45. The Morgan fingerprint density at radius 3 is 2.88 bits per heavy atom. The van der Waals surface area contributed by atoms with Gasteiger partial charge in [-0.3, -0.25) is 4.79 Å². The zero-order valence-electron chi connectivity index (χ0n) is 10.6. The van der Waals surface area contributed by atoms with E-state index in [0.29, 0.717) is 5.78 Å². The van der Waals surface area contributed by atoms with Crippen LogP contribution in [-0.2, 0) is 11.2 Å². The van der Waals surface area contributed by atoms with Crippen LogP contribution in [0.1, 0.15) is 38.7 Å². The summed E-state index contributed by atoms with van der Waals surface area (Å²) in [5.41, 5.74) is 1.30. The van der Waals surface area contributed by atoms with Crippen LogP contribution in [0.2, 0.25) is 0 Å². The van der Waals surface area contributed by atoms with Gasteiger partial charge in [-0.25, -0.2) is 0 Å². The van der Waals surface area contributed by atoms with Gasteiger partial charge in [-0.2, -0.15) is 0 Å². The van der Waals surface area contributed by atoms with Gasteiger partial charge < -0.3 is 4.74 Å². The monoisotopic (exact) mass is 232 g/mol. The summed E-state index contributed by atoms with van der Waals surface area (Å²) in [5.74, 6) is 1.54. The minimum absolute atomic E-state index is 0.210. The number of ketones is 1. The molecule has 0 amide bonds. The first-order chi connectivity index (χ1) is 8.20. The van der Waals surface area contributed by atoms with E-state index in [1.807, 2.05) is 12.1 Å². The molecule has 0 radical (unpaired) electrons. The Morgan fingerprint density at radius 1 is 1.47 bits per heavy atom. The number of carbonyl (C=O) groups is 1. The van der Waals surface area contributed by atoms with Crippen molar-refractivity contribution in [1.82, 2.24) is 0 Å². The van der Waals surface area contributed by atoms with Crippen molar-refractivity contribution >= 4 is 5.78 Å². The Labute approximate surface area is 103 Å². The van der Waals surface area contributed by atoms with Crippen molar-refractivity contribution in [3.63, 3.8) is 0 Å². The molecule has 0 aromatic heterocycles. The maximum Gasteiger partial charge on any atom is 0.132 e. The topological polar surface area (TPSA) is 26.3 Å². The fourth-order valence-electron chi connectivity index (χ4n) is 2.50. The SMILES string of the molecule is CCC(CCC1Cc2ccccc2O1)C(C)=O. The molecule has 2 unspecified atom stereocenters. The smallest absolute Gasteiger partial charge is 0.132 e. The van der Waals surface area contributed by atoms with Crippen molar-refractivity contribution in [3.05, 3.63) is 29.8 Å². The molecule has 1 heterocycles. The van der Waals surface area contributed by atoms with Crippen LogP contribution in [0.3, 0.4) is 0 Å². The molecule has 1 aromatic carbocycles. The number of Topliss-reactive ketones (excluding diaryl/α,β-unsaturated/α-hetero) is 1. The summed E-state index contributed by atoms with van der Waals surface area (Å²) < 4.78 is 5.87. The zero-order chi connectivity index (χ0) is 12.3. The average Bonchev–Trinajstić information content (AvgIpc) is 2.71. The van der Waals surface area contributed by atoms with Gasteiger partial charge in [-0.05, 0) is 37.8 Å². The van der Waals surface area contributed by atoms with E-state index in [1.54, 1.807) is 6.92 Å². The predicted octanol–water partition coefficient (Wildman–Crippen LogP) is 3.39. The van der Waals surface area contributed by atoms with Crippen molar-refractivity contribution in [3.8, 4) is 5.75 Å². The fraction of sp³-hybridized carbons (Fsp3) is 0.533. The van der Waals surface area contributed by atoms with Crippen LogP contribution < -0.4 is 4.74 Å². The Hall–Kier alpha value is -1.31. The standard InChI is InChI=1S/C15H20O2/c1-3-12(11(2)16)8-9-14-10-13-6-4-5-7-15(13)17-14/h4-7,12,14H,3,8-10H2,1-2H3. The van der Waals surface area contributed by atoms with Gasteiger partial charge in [0.1, 0.15) is 17.6 Å². The molecular formula is C15H20O2. The highest BCUT2D eigenvalue weighted by Crippen LogP contribution is 2.30. The van der Waals surface area contributed by atoms with E-state index in [2.05, 4.69) is 19.1 Å². The van der Waals surface area contributed by atoms with Crippen molar-refractivity contribution in [1.29, 1.82) is 0 Å². The second-order valence-corrected chi connectivity index (χ2v) is 4.84. The number of carbonyl (C=O) groups excluding carboxylic acids is 1. The molecule has 2 rings (SSSR count). The van der Waals surface area contributed by atoms with Gasteiger partial charge in [-0.1, -0.05) is 25.1 Å². The Morgan fingerprint density at radius 2 is 2.24 bits per heavy atom. The normalized spacial score (nSPS) is 19.5. The molecule has 1 aliphatic rings. The lowest BCUT2D eigenvalue weighted by atomic mass is 9.94. The third-order valence-electron chi connectivity index (χ3n) is 3.62. The minimum atomic E-state index is 0.210. The summed E-state index contributed by atoms with van der Waals surface area (Å²) in [4.78, 5) is 11.4. The highest BCUT2D eigenvalue weighted by Gasteiger charge is 2.23. The molecule has 0 aliphatic carbocycles. The van der Waals surface area contributed by atoms with E-state index < -0.39 is 0 Å². The van der Waals surface area contributed by atoms with Crippen molar-refractivity contribution in [2.75, 3.05) is 0 Å². The maximum atomic E-state index is 11.4. The Kier molecular flexibility index (Phi) is 3.82. The molecule has 1 aliphatic heterocycles. The molecule has 0 spiro atoms. The van der Waals surface area contributed by atoms with E-state index in [1.165, 1.54) is 5.56 Å². The minimum Gasteiger partial charge on any atom is -0.490 e. The van der Waals surface area contributed by atoms with Crippen molar-refractivity contribution < 1.29 is 9.53 Å². The Bertz CT molecular complexity index is 373. The van der Waals surface area contributed by atoms with E-state index in [0.717, 1.165) is 31.4 Å². The number of benzene rings is 1. The summed E-state index contributed by atoms with van der Waals surface area (Å²) in [6.07, 6.45) is 4.12. The molecule has 0 fully saturated rings. The number of hydrogen-bond acceptors (Lipinski definition) is 2. The fourth-order valence-corrected chi connectivity index (χ4v) is 2.50. The molecule has 0 bridgehead atoms. The lowest BCUT2D eigenvalue weighted by Crippen LogP contribution is -2.17. The summed E-state index contributed by atoms with van der Waals surface area (Å²) >= 11 is 0. The molecule has 0 N–H and O–H groups in total. The van der Waals surface area contributed by atoms with Gasteiger partial charge in [0, 0.05) is 12.3 Å². The Balaban J connectivity index is 1.86. The van der Waals surface area contributed by atoms with Crippen LogP contribution in [0, 0.1) is 5.92 Å². The van der Waals surface area contributed by atoms with E-state index in [-0.39, 0.29) is 12.0 Å². The van der Waals surface area contributed by atoms with E-state index in [9.17, 15) is 4.79 Å². The number of rotatable bonds is 5. The third-order valence-corrected chi connectivity index (χ3v) is 3.62. The quantitative estimate of drug-likeness (QED) is 0.778. The summed E-state index contributed by atoms with van der Waals surface area (Å²) in [6.45, 7) is 3.77. The molecular weight excluding hydrogens is 212 g/mol. The molecule has 2 atom stereocenters. The first kappa shape index (κ1) is 12.2. The maximum absolute atomic E-state index is 11.4. The highest BCUT2D eigenvalue weighted by molar-refractivity contribution is 5.78. The molecule has 1 aromatic rings. The van der Waals surface area contributed by atoms with Crippen molar-refractivity contribution in [2.24, 2.45) is 5.92 Å². The lowest BCUT2D eigenvalue weighted by molar-refractivity contribution is -0.121. The van der Waals surface area contributed by atoms with Crippen LogP contribution in [0.4, 0.5) is 0 Å². The van der Waals surface area contributed by atoms with E-state index in [4.69, 9.17) is 4.74 Å². The van der Waals surface area contributed by atoms with Crippen LogP contribution in [0.25, 0.3) is 0 Å². The van der Waals surface area contributed by atoms with Gasteiger partial charge in [-0.15, -0.1) is 0 Å². The summed E-state index contributed by atoms with van der Waals surface area (Å²) in [7, 11) is 0. The van der Waals surface area contributed by atoms with Crippen LogP contribution in [0.15, 0.2) is 24.3 Å². The third kappa shape index (κ3) is 2.87. The van der Waals surface area contributed by atoms with E-state index >= 15 is 0 Å². The zero-order valence-corrected chi connectivity index (χ0v) is 10.6. The second kappa shape index (κ2) is 5.35. The summed E-state index contributed by atoms with van der Waals surface area (Å²) in [5, 5.41) is 0. The number of fused-ring (bicyclic) bond motifs is 1. The average molecular weight is 232 g/mol. The second-order valence-electron chi connectivity index (χ2n) is 4.84. The highest BCUT2D eigenvalue weighted by atomic mass is 16.5. The molecule has 0 saturated heterocycles.